The molecule has 0 spiro atoms. The maximum Gasteiger partial charge on any atom is 0.343 e. The second-order valence-electron chi connectivity index (χ2n) is 4.96. The van der Waals surface area contributed by atoms with Gasteiger partial charge in [-0.15, -0.1) is 0 Å². The number of hydrogen-bond donors (Lipinski definition) is 1. The Morgan fingerprint density at radius 2 is 1.54 bits per heavy atom. The van der Waals surface area contributed by atoms with Gasteiger partial charge < -0.3 is 19.5 Å². The molecule has 0 aromatic heterocycles. The second kappa shape index (κ2) is 8.69. The number of carbonyl (C=O) groups is 2. The summed E-state index contributed by atoms with van der Waals surface area (Å²) >= 11 is 0. The standard InChI is InChI=1S/C18H19NO5/c1-13(20)19-15-5-9-17(10-6-15)24-18(21)14-3-7-16(8-4-14)23-12-11-22-2/h3-10H,11-12H2,1-2H3,(H,19,20). The van der Waals surface area contributed by atoms with Crippen LogP contribution in [0.25, 0.3) is 0 Å². The highest BCUT2D eigenvalue weighted by molar-refractivity contribution is 5.91. The number of benzene rings is 2. The van der Waals surface area contributed by atoms with Crippen LogP contribution in [0, 0.1) is 0 Å². The normalized spacial score (nSPS) is 10.1. The van der Waals surface area contributed by atoms with Crippen molar-refractivity contribution in [3.63, 3.8) is 0 Å². The molecule has 0 aliphatic carbocycles. The van der Waals surface area contributed by atoms with Gasteiger partial charge in [0.05, 0.1) is 12.2 Å². The zero-order valence-corrected chi connectivity index (χ0v) is 13.6. The maximum atomic E-state index is 12.1. The first-order chi connectivity index (χ1) is 11.6. The molecule has 0 atom stereocenters. The fraction of sp³-hybridized carbons (Fsp3) is 0.222. The first-order valence-corrected chi connectivity index (χ1v) is 7.40. The predicted molar refractivity (Wildman–Crippen MR) is 89.5 cm³/mol. The topological polar surface area (TPSA) is 73.9 Å². The third-order valence-electron chi connectivity index (χ3n) is 3.03. The molecule has 1 N–H and O–H groups in total. The average molecular weight is 329 g/mol. The van der Waals surface area contributed by atoms with Gasteiger partial charge in [-0.25, -0.2) is 4.79 Å². The van der Waals surface area contributed by atoms with Gasteiger partial charge in [-0.3, -0.25) is 4.79 Å². The van der Waals surface area contributed by atoms with Gasteiger partial charge in [-0.05, 0) is 48.5 Å². The van der Waals surface area contributed by atoms with Gasteiger partial charge in [-0.2, -0.15) is 0 Å². The van der Waals surface area contributed by atoms with E-state index in [0.29, 0.717) is 36.0 Å². The van der Waals surface area contributed by atoms with Crippen LogP contribution in [-0.4, -0.2) is 32.2 Å². The molecule has 24 heavy (non-hydrogen) atoms. The van der Waals surface area contributed by atoms with E-state index in [0.717, 1.165) is 0 Å². The molecule has 0 aliphatic rings. The van der Waals surface area contributed by atoms with E-state index in [1.807, 2.05) is 0 Å². The van der Waals surface area contributed by atoms with Crippen LogP contribution in [0.1, 0.15) is 17.3 Å². The fourth-order valence-electron chi connectivity index (χ4n) is 1.91. The molecular weight excluding hydrogens is 310 g/mol. The lowest BCUT2D eigenvalue weighted by Gasteiger charge is -2.08. The highest BCUT2D eigenvalue weighted by Crippen LogP contribution is 2.18. The number of nitrogens with one attached hydrogen (secondary N) is 1. The lowest BCUT2D eigenvalue weighted by atomic mass is 10.2. The Labute approximate surface area is 140 Å². The number of anilines is 1. The van der Waals surface area contributed by atoms with Crippen molar-refractivity contribution in [3.8, 4) is 11.5 Å². The van der Waals surface area contributed by atoms with Crippen molar-refractivity contribution in [2.45, 2.75) is 6.92 Å². The summed E-state index contributed by atoms with van der Waals surface area (Å²) in [6.07, 6.45) is 0. The van der Waals surface area contributed by atoms with Gasteiger partial charge in [0.15, 0.2) is 0 Å². The van der Waals surface area contributed by atoms with E-state index in [4.69, 9.17) is 14.2 Å². The van der Waals surface area contributed by atoms with Crippen molar-refractivity contribution in [2.75, 3.05) is 25.6 Å². The molecule has 0 bridgehead atoms. The average Bonchev–Trinajstić information content (AvgIpc) is 2.57. The molecule has 2 rings (SSSR count). The number of ether oxygens (including phenoxy) is 3. The van der Waals surface area contributed by atoms with Crippen LogP contribution in [0.4, 0.5) is 5.69 Å². The van der Waals surface area contributed by atoms with Gasteiger partial charge >= 0.3 is 5.97 Å². The first kappa shape index (κ1) is 17.5. The molecular formula is C18H19NO5. The van der Waals surface area contributed by atoms with E-state index in [1.54, 1.807) is 55.6 Å². The van der Waals surface area contributed by atoms with Crippen molar-refractivity contribution < 1.29 is 23.8 Å². The molecule has 0 fully saturated rings. The second-order valence-corrected chi connectivity index (χ2v) is 4.96. The maximum absolute atomic E-state index is 12.1. The minimum Gasteiger partial charge on any atom is -0.491 e. The zero-order chi connectivity index (χ0) is 17.4. The first-order valence-electron chi connectivity index (χ1n) is 7.40. The Hall–Kier alpha value is -2.86. The van der Waals surface area contributed by atoms with Crippen molar-refractivity contribution >= 4 is 17.6 Å². The Bertz CT molecular complexity index is 680. The zero-order valence-electron chi connectivity index (χ0n) is 13.6. The molecule has 1 amide bonds. The van der Waals surface area contributed by atoms with Gasteiger partial charge in [0.25, 0.3) is 0 Å². The number of amides is 1. The van der Waals surface area contributed by atoms with Crippen LogP contribution < -0.4 is 14.8 Å². The predicted octanol–water partition coefficient (Wildman–Crippen LogP) is 2.89. The lowest BCUT2D eigenvalue weighted by Crippen LogP contribution is -2.09. The Morgan fingerprint density at radius 1 is 0.917 bits per heavy atom. The molecule has 0 saturated carbocycles. The molecule has 0 heterocycles. The molecule has 0 radical (unpaired) electrons. The fourth-order valence-corrected chi connectivity index (χ4v) is 1.91. The van der Waals surface area contributed by atoms with Crippen LogP contribution >= 0.6 is 0 Å². The quantitative estimate of drug-likeness (QED) is 0.480. The van der Waals surface area contributed by atoms with E-state index in [-0.39, 0.29) is 5.91 Å². The third-order valence-corrected chi connectivity index (χ3v) is 3.03. The summed E-state index contributed by atoms with van der Waals surface area (Å²) < 4.78 is 15.6. The number of rotatable bonds is 7. The Kier molecular flexibility index (Phi) is 6.33. The summed E-state index contributed by atoms with van der Waals surface area (Å²) in [4.78, 5) is 23.1. The smallest absolute Gasteiger partial charge is 0.343 e. The summed E-state index contributed by atoms with van der Waals surface area (Å²) in [5.41, 5.74) is 1.06. The van der Waals surface area contributed by atoms with E-state index in [9.17, 15) is 9.59 Å². The minimum absolute atomic E-state index is 0.160. The molecule has 6 nitrogen and oxygen atoms in total. The molecule has 0 unspecified atom stereocenters. The van der Waals surface area contributed by atoms with Gasteiger partial charge in [0.1, 0.15) is 18.1 Å². The number of esters is 1. The molecule has 2 aromatic carbocycles. The monoisotopic (exact) mass is 329 g/mol. The third kappa shape index (κ3) is 5.40. The summed E-state index contributed by atoms with van der Waals surface area (Å²) in [7, 11) is 1.60. The summed E-state index contributed by atoms with van der Waals surface area (Å²) in [5.74, 6) is 0.427. The summed E-state index contributed by atoms with van der Waals surface area (Å²) in [5, 5.41) is 2.64. The lowest BCUT2D eigenvalue weighted by molar-refractivity contribution is -0.114. The largest absolute Gasteiger partial charge is 0.491 e. The molecule has 126 valence electrons. The Balaban J connectivity index is 1.93. The van der Waals surface area contributed by atoms with Crippen LogP contribution in [0.15, 0.2) is 48.5 Å². The highest BCUT2D eigenvalue weighted by atomic mass is 16.5. The van der Waals surface area contributed by atoms with Crippen molar-refractivity contribution in [1.29, 1.82) is 0 Å². The van der Waals surface area contributed by atoms with Crippen LogP contribution in [0.5, 0.6) is 11.5 Å². The highest BCUT2D eigenvalue weighted by Gasteiger charge is 2.09. The molecule has 0 aliphatic heterocycles. The van der Waals surface area contributed by atoms with E-state index in [1.165, 1.54) is 6.92 Å². The van der Waals surface area contributed by atoms with E-state index in [2.05, 4.69) is 5.32 Å². The van der Waals surface area contributed by atoms with E-state index >= 15 is 0 Å². The van der Waals surface area contributed by atoms with Gasteiger partial charge in [-0.1, -0.05) is 0 Å². The van der Waals surface area contributed by atoms with Gasteiger partial charge in [0.2, 0.25) is 5.91 Å². The van der Waals surface area contributed by atoms with Crippen LogP contribution in [-0.2, 0) is 9.53 Å². The molecule has 2 aromatic rings. The van der Waals surface area contributed by atoms with Crippen LogP contribution in [0.3, 0.4) is 0 Å². The molecule has 6 heteroatoms. The van der Waals surface area contributed by atoms with Crippen LogP contribution in [0.2, 0.25) is 0 Å². The van der Waals surface area contributed by atoms with E-state index < -0.39 is 5.97 Å². The SMILES string of the molecule is COCCOc1ccc(C(=O)Oc2ccc(NC(C)=O)cc2)cc1. The number of carbonyl (C=O) groups excluding carboxylic acids is 2. The number of methoxy groups -OCH3 is 1. The van der Waals surface area contributed by atoms with Crippen molar-refractivity contribution in [1.82, 2.24) is 0 Å². The van der Waals surface area contributed by atoms with Crippen molar-refractivity contribution in [2.24, 2.45) is 0 Å². The van der Waals surface area contributed by atoms with Gasteiger partial charge in [0, 0.05) is 19.7 Å². The Morgan fingerprint density at radius 3 is 2.12 bits per heavy atom. The van der Waals surface area contributed by atoms with Crippen molar-refractivity contribution in [3.05, 3.63) is 54.1 Å². The minimum atomic E-state index is -0.467. The number of hydrogen-bond acceptors (Lipinski definition) is 5. The molecule has 0 saturated heterocycles. The summed E-state index contributed by atoms with van der Waals surface area (Å²) in [6.45, 7) is 2.37. The summed E-state index contributed by atoms with van der Waals surface area (Å²) in [6, 6.07) is 13.2.